The fraction of sp³-hybridized carbons (Fsp3) is 0. The summed E-state index contributed by atoms with van der Waals surface area (Å²) in [7, 11) is -4.64. The van der Waals surface area contributed by atoms with Crippen LogP contribution in [-0.4, -0.2) is 37.7 Å². The van der Waals surface area contributed by atoms with E-state index in [1.807, 2.05) is 0 Å². The molecule has 0 aliphatic heterocycles. The van der Waals surface area contributed by atoms with Gasteiger partial charge in [-0.3, -0.25) is 0 Å². The Morgan fingerprint density at radius 2 is 1.25 bits per heavy atom. The Morgan fingerprint density at radius 1 is 1.25 bits per heavy atom. The zero-order chi connectivity index (χ0) is 4.50. The molecule has 0 aromatic rings. The predicted octanol–water partition coefficient (Wildman–Crippen LogP) is -0.864. The fourth-order valence-electron chi connectivity index (χ4n) is 0. The third-order valence-corrected chi connectivity index (χ3v) is 0. The van der Waals surface area contributed by atoms with Gasteiger partial charge in [-0.1, -0.05) is 0 Å². The van der Waals surface area contributed by atoms with E-state index in [9.17, 15) is 0 Å². The van der Waals surface area contributed by atoms with Gasteiger partial charge >= 0.3 is 30.9 Å². The molecule has 0 aliphatic rings. The van der Waals surface area contributed by atoms with Gasteiger partial charge < -0.3 is 23.7 Å². The van der Waals surface area contributed by atoms with Crippen LogP contribution in [-0.2, 0) is 4.57 Å². The van der Waals surface area contributed by atoms with Crippen LogP contribution < -0.4 is 6.15 Å². The SMILES string of the molecule is N.O=P(O)(O)O.P.[H-].[H-].[Mg+2]. The van der Waals surface area contributed by atoms with Crippen LogP contribution in [0.5, 0.6) is 0 Å². The summed E-state index contributed by atoms with van der Waals surface area (Å²) in [6.45, 7) is 0. The molecule has 6 N–H and O–H groups in total. The summed E-state index contributed by atoms with van der Waals surface area (Å²) in [5.74, 6) is 0. The van der Waals surface area contributed by atoms with Crippen molar-refractivity contribution in [3.05, 3.63) is 0 Å². The number of hydrogen-bond donors (Lipinski definition) is 4. The summed E-state index contributed by atoms with van der Waals surface area (Å²) >= 11 is 0. The molecule has 5 nitrogen and oxygen atoms in total. The van der Waals surface area contributed by atoms with Crippen LogP contribution >= 0.6 is 17.7 Å². The molecule has 0 aromatic carbocycles. The second kappa shape index (κ2) is 8.27. The minimum atomic E-state index is -4.64. The molecule has 0 heterocycles. The molecule has 0 aliphatic carbocycles. The van der Waals surface area contributed by atoms with Crippen LogP contribution in [0.4, 0.5) is 0 Å². The Hall–Kier alpha value is 1.27. The van der Waals surface area contributed by atoms with Gasteiger partial charge in [0.05, 0.1) is 0 Å². The summed E-state index contributed by atoms with van der Waals surface area (Å²) in [6.07, 6.45) is 0. The van der Waals surface area contributed by atoms with Gasteiger partial charge in [0.2, 0.25) is 0 Å². The fourth-order valence-corrected chi connectivity index (χ4v) is 0. The van der Waals surface area contributed by atoms with E-state index < -0.39 is 7.82 Å². The number of hydrogen-bond acceptors (Lipinski definition) is 2. The van der Waals surface area contributed by atoms with Crippen LogP contribution in [0.15, 0.2) is 0 Å². The van der Waals surface area contributed by atoms with Gasteiger partial charge in [0.25, 0.3) is 0 Å². The topological polar surface area (TPSA) is 113 Å². The first kappa shape index (κ1) is 22.8. The zero-order valence-electron chi connectivity index (χ0n) is 6.32. The molecule has 0 fully saturated rings. The van der Waals surface area contributed by atoms with Gasteiger partial charge in [-0.2, -0.15) is 9.90 Å². The van der Waals surface area contributed by atoms with Gasteiger partial charge in [0.15, 0.2) is 0 Å². The van der Waals surface area contributed by atoms with Crippen molar-refractivity contribution >= 4 is 40.8 Å². The van der Waals surface area contributed by atoms with Crippen molar-refractivity contribution in [3.63, 3.8) is 0 Å². The van der Waals surface area contributed by atoms with Crippen LogP contribution in [0.2, 0.25) is 0 Å². The second-order valence-corrected chi connectivity index (χ2v) is 1.54. The quantitative estimate of drug-likeness (QED) is 0.282. The van der Waals surface area contributed by atoms with E-state index in [-0.39, 0.29) is 42.0 Å². The van der Waals surface area contributed by atoms with Crippen LogP contribution in [0.25, 0.3) is 0 Å². The molecule has 0 radical (unpaired) electrons. The zero-order valence-corrected chi connectivity index (χ0v) is 8.04. The molecule has 52 valence electrons. The largest absolute Gasteiger partial charge is 2.00 e. The molecule has 0 spiro atoms. The monoisotopic (exact) mass is 175 g/mol. The molecule has 1 unspecified atom stereocenters. The normalized spacial score (nSPS) is 7.38. The smallest absolute Gasteiger partial charge is 1.00 e. The van der Waals surface area contributed by atoms with Gasteiger partial charge in [-0.15, -0.1) is 0 Å². The Morgan fingerprint density at radius 3 is 1.25 bits per heavy atom. The van der Waals surface area contributed by atoms with Gasteiger partial charge in [0, 0.05) is 0 Å². The molecule has 8 heteroatoms. The maximum atomic E-state index is 8.88. The van der Waals surface area contributed by atoms with E-state index in [1.54, 1.807) is 0 Å². The third-order valence-electron chi connectivity index (χ3n) is 0. The third kappa shape index (κ3) is 178. The van der Waals surface area contributed by atoms with E-state index in [0.717, 1.165) is 0 Å². The molecule has 0 saturated heterocycles. The Bertz CT molecular complexity index is 67.4. The summed E-state index contributed by atoms with van der Waals surface area (Å²) in [6, 6.07) is 0. The maximum Gasteiger partial charge on any atom is 2.00 e. The van der Waals surface area contributed by atoms with Gasteiger partial charge in [0.1, 0.15) is 0 Å². The predicted molar refractivity (Wildman–Crippen MR) is 38.4 cm³/mol. The first-order valence-corrected chi connectivity index (χ1v) is 2.35. The van der Waals surface area contributed by atoms with Crippen LogP contribution in [0.3, 0.4) is 0 Å². The summed E-state index contributed by atoms with van der Waals surface area (Å²) in [4.78, 5) is 21.6. The van der Waals surface area contributed by atoms with Crippen molar-refractivity contribution < 1.29 is 22.1 Å². The Labute approximate surface area is 69.4 Å². The molecule has 0 rings (SSSR count). The van der Waals surface area contributed by atoms with Crippen molar-refractivity contribution in [2.24, 2.45) is 0 Å². The van der Waals surface area contributed by atoms with E-state index in [4.69, 9.17) is 19.2 Å². The van der Waals surface area contributed by atoms with Gasteiger partial charge in [-0.05, 0) is 0 Å². The van der Waals surface area contributed by atoms with E-state index in [0.29, 0.717) is 0 Å². The minimum Gasteiger partial charge on any atom is -1.00 e. The van der Waals surface area contributed by atoms with E-state index >= 15 is 0 Å². The Balaban J connectivity index is -0.00000000800. The average molecular weight is 175 g/mol. The molecule has 0 aromatic heterocycles. The minimum absolute atomic E-state index is 0. The van der Waals surface area contributed by atoms with Crippen molar-refractivity contribution in [3.8, 4) is 0 Å². The standard InChI is InChI=1S/Mg.H3N.H3O4P.H3P.2H/c;;1-5(2,3)4;;;/h;1H3;(H3,1,2,3,4);1H3;;/q+2;;;;2*-1. The first-order valence-electron chi connectivity index (χ1n) is 0.783. The molecule has 8 heavy (non-hydrogen) atoms. The molecular weight excluding hydrogens is 164 g/mol. The molecule has 1 atom stereocenters. The van der Waals surface area contributed by atoms with Crippen molar-refractivity contribution in [2.45, 2.75) is 0 Å². The van der Waals surface area contributed by atoms with Crippen LogP contribution in [0.1, 0.15) is 2.85 Å². The van der Waals surface area contributed by atoms with E-state index in [1.165, 1.54) is 0 Å². The average Bonchev–Trinajstić information content (AvgIpc) is 0.722. The Kier molecular flexibility index (Phi) is 23.6. The van der Waals surface area contributed by atoms with Crippen molar-refractivity contribution in [2.75, 3.05) is 0 Å². The molecule has 0 bridgehead atoms. The first-order chi connectivity index (χ1) is 2.00. The maximum absolute atomic E-state index is 8.88. The molecule has 0 amide bonds. The molecule has 0 saturated carbocycles. The summed E-state index contributed by atoms with van der Waals surface area (Å²) in [5, 5.41) is 0. The second-order valence-electron chi connectivity index (χ2n) is 0.513. The summed E-state index contributed by atoms with van der Waals surface area (Å²) in [5.41, 5.74) is 0. The number of phosphoric acid groups is 1. The number of rotatable bonds is 0. The van der Waals surface area contributed by atoms with Crippen molar-refractivity contribution in [1.82, 2.24) is 6.15 Å². The van der Waals surface area contributed by atoms with E-state index in [2.05, 4.69) is 0 Å². The van der Waals surface area contributed by atoms with Crippen molar-refractivity contribution in [1.29, 1.82) is 0 Å². The van der Waals surface area contributed by atoms with Crippen LogP contribution in [0, 0.1) is 0 Å². The summed E-state index contributed by atoms with van der Waals surface area (Å²) < 4.78 is 8.88. The molecular formula is H11MgNO4P2. The van der Waals surface area contributed by atoms with Gasteiger partial charge in [-0.25, -0.2) is 4.57 Å².